The summed E-state index contributed by atoms with van der Waals surface area (Å²) in [6.45, 7) is 1.61. The van der Waals surface area contributed by atoms with Crippen LogP contribution in [-0.4, -0.2) is 25.0 Å². The fraction of sp³-hybridized carbons (Fsp3) is 0.889. The molecule has 0 bridgehead atoms. The van der Waals surface area contributed by atoms with E-state index in [9.17, 15) is 0 Å². The number of halogens is 2. The summed E-state index contributed by atoms with van der Waals surface area (Å²) in [7, 11) is 0. The highest BCUT2D eigenvalue weighted by molar-refractivity contribution is 5.85. The van der Waals surface area contributed by atoms with E-state index >= 15 is 0 Å². The number of nitrogens with zero attached hydrogens (tertiary/aromatic N) is 1. The standard InChI is InChI=1S/C18H40N6.2ClH/c19-17(20)23-15-13-11-9-7-5-3-1-2-4-6-8-10-12-14-16-24-18(21)22;;/h1-16H2,(H4,19,20,23)(H4,21,22,24);2*1H. The second-order valence-corrected chi connectivity index (χ2v) is 6.60. The SMILES string of the molecule is Cl.Cl.N=C(N)NCCCCCCCCCCCCCCCCN=C(N)N. The Hall–Kier alpha value is -0.880. The first kappa shape index (κ1) is 29.9. The summed E-state index contributed by atoms with van der Waals surface area (Å²) in [4.78, 5) is 3.99. The molecule has 0 spiro atoms. The molecule has 0 atom stereocenters. The van der Waals surface area contributed by atoms with Crippen LogP contribution >= 0.6 is 24.8 Å². The Morgan fingerprint density at radius 1 is 0.615 bits per heavy atom. The molecule has 8 N–H and O–H groups in total. The maximum Gasteiger partial charge on any atom is 0.185 e. The maximum atomic E-state index is 7.05. The van der Waals surface area contributed by atoms with Crippen molar-refractivity contribution >= 4 is 36.7 Å². The van der Waals surface area contributed by atoms with E-state index in [4.69, 9.17) is 22.6 Å². The Balaban J connectivity index is -0.00000264. The highest BCUT2D eigenvalue weighted by Crippen LogP contribution is 2.12. The highest BCUT2D eigenvalue weighted by Gasteiger charge is 1.95. The van der Waals surface area contributed by atoms with Gasteiger partial charge in [-0.1, -0.05) is 77.0 Å². The minimum atomic E-state index is 0. The van der Waals surface area contributed by atoms with Crippen molar-refractivity contribution in [1.82, 2.24) is 5.32 Å². The van der Waals surface area contributed by atoms with Crippen molar-refractivity contribution in [2.75, 3.05) is 13.1 Å². The van der Waals surface area contributed by atoms with Crippen LogP contribution < -0.4 is 22.5 Å². The van der Waals surface area contributed by atoms with Crippen molar-refractivity contribution in [2.24, 2.45) is 22.2 Å². The molecule has 0 fully saturated rings. The number of nitrogens with one attached hydrogen (secondary N) is 2. The molecule has 6 nitrogen and oxygen atoms in total. The average Bonchev–Trinajstić information content (AvgIpc) is 2.53. The van der Waals surface area contributed by atoms with Gasteiger partial charge in [0.05, 0.1) is 0 Å². The summed E-state index contributed by atoms with van der Waals surface area (Å²) in [6, 6.07) is 0. The Bertz CT molecular complexity index is 323. The summed E-state index contributed by atoms with van der Waals surface area (Å²) >= 11 is 0. The minimum Gasteiger partial charge on any atom is -0.370 e. The first-order chi connectivity index (χ1) is 11.6. The second-order valence-electron chi connectivity index (χ2n) is 6.60. The number of guanidine groups is 2. The normalized spacial score (nSPS) is 9.69. The number of hydrogen-bond acceptors (Lipinski definition) is 2. The molecule has 26 heavy (non-hydrogen) atoms. The van der Waals surface area contributed by atoms with Crippen LogP contribution in [0, 0.1) is 5.41 Å². The fourth-order valence-corrected chi connectivity index (χ4v) is 2.79. The van der Waals surface area contributed by atoms with Gasteiger partial charge < -0.3 is 22.5 Å². The van der Waals surface area contributed by atoms with E-state index in [1.807, 2.05) is 0 Å². The predicted molar refractivity (Wildman–Crippen MR) is 120 cm³/mol. The van der Waals surface area contributed by atoms with Crippen LogP contribution in [0.2, 0.25) is 0 Å². The zero-order chi connectivity index (χ0) is 17.9. The number of unbranched alkanes of at least 4 members (excludes halogenated alkanes) is 13. The number of rotatable bonds is 17. The van der Waals surface area contributed by atoms with Crippen LogP contribution in [0.5, 0.6) is 0 Å². The van der Waals surface area contributed by atoms with E-state index < -0.39 is 0 Å². The van der Waals surface area contributed by atoms with Crippen molar-refractivity contribution in [1.29, 1.82) is 5.41 Å². The Morgan fingerprint density at radius 3 is 1.31 bits per heavy atom. The van der Waals surface area contributed by atoms with Gasteiger partial charge >= 0.3 is 0 Å². The zero-order valence-electron chi connectivity index (χ0n) is 16.3. The first-order valence-corrected chi connectivity index (χ1v) is 9.76. The lowest BCUT2D eigenvalue weighted by Crippen LogP contribution is -2.30. The van der Waals surface area contributed by atoms with Gasteiger partial charge in [0.25, 0.3) is 0 Å². The van der Waals surface area contributed by atoms with Gasteiger partial charge in [0, 0.05) is 13.1 Å². The molecule has 0 radical (unpaired) electrons. The van der Waals surface area contributed by atoms with Gasteiger partial charge in [-0.15, -0.1) is 24.8 Å². The lowest BCUT2D eigenvalue weighted by atomic mass is 10.0. The molecule has 8 heteroatoms. The van der Waals surface area contributed by atoms with E-state index in [1.54, 1.807) is 0 Å². The van der Waals surface area contributed by atoms with Gasteiger partial charge in [-0.3, -0.25) is 10.4 Å². The van der Waals surface area contributed by atoms with Crippen LogP contribution in [0.4, 0.5) is 0 Å². The molecule has 0 amide bonds. The third kappa shape index (κ3) is 27.9. The van der Waals surface area contributed by atoms with Gasteiger partial charge in [-0.25, -0.2) is 0 Å². The summed E-state index contributed by atoms with van der Waals surface area (Å²) < 4.78 is 0. The monoisotopic (exact) mass is 412 g/mol. The second kappa shape index (κ2) is 24.1. The number of hydrogen-bond donors (Lipinski definition) is 5. The van der Waals surface area contributed by atoms with Gasteiger partial charge in [0.1, 0.15) is 0 Å². The van der Waals surface area contributed by atoms with Crippen molar-refractivity contribution in [2.45, 2.75) is 89.9 Å². The summed E-state index contributed by atoms with van der Waals surface area (Å²) in [6.07, 6.45) is 18.2. The van der Waals surface area contributed by atoms with Crippen LogP contribution in [0.1, 0.15) is 89.9 Å². The van der Waals surface area contributed by atoms with Crippen LogP contribution in [0.3, 0.4) is 0 Å². The van der Waals surface area contributed by atoms with Crippen LogP contribution in [0.15, 0.2) is 4.99 Å². The van der Waals surface area contributed by atoms with E-state index in [-0.39, 0.29) is 36.7 Å². The van der Waals surface area contributed by atoms with E-state index in [2.05, 4.69) is 10.3 Å². The third-order valence-corrected chi connectivity index (χ3v) is 4.19. The van der Waals surface area contributed by atoms with E-state index in [0.717, 1.165) is 25.9 Å². The number of aliphatic imine (C=N–C) groups is 1. The maximum absolute atomic E-state index is 7.05. The zero-order valence-corrected chi connectivity index (χ0v) is 17.9. The van der Waals surface area contributed by atoms with Gasteiger partial charge in [0.15, 0.2) is 11.9 Å². The predicted octanol–water partition coefficient (Wildman–Crippen LogP) is 4.05. The minimum absolute atomic E-state index is 0. The Morgan fingerprint density at radius 2 is 0.962 bits per heavy atom. The van der Waals surface area contributed by atoms with Gasteiger partial charge in [0.2, 0.25) is 0 Å². The molecule has 0 aliphatic carbocycles. The molecule has 0 aliphatic rings. The largest absolute Gasteiger partial charge is 0.370 e. The molecule has 158 valence electrons. The summed E-state index contributed by atoms with van der Waals surface area (Å²) in [5.41, 5.74) is 15.8. The molecule has 0 heterocycles. The molecular weight excluding hydrogens is 371 g/mol. The van der Waals surface area contributed by atoms with Crippen LogP contribution in [0.25, 0.3) is 0 Å². The van der Waals surface area contributed by atoms with Gasteiger partial charge in [-0.05, 0) is 12.8 Å². The lowest BCUT2D eigenvalue weighted by Gasteiger charge is -2.04. The molecule has 0 rings (SSSR count). The quantitative estimate of drug-likeness (QED) is 0.140. The van der Waals surface area contributed by atoms with Crippen molar-refractivity contribution in [3.63, 3.8) is 0 Å². The first-order valence-electron chi connectivity index (χ1n) is 9.76. The van der Waals surface area contributed by atoms with E-state index in [1.165, 1.54) is 77.0 Å². The third-order valence-electron chi connectivity index (χ3n) is 4.19. The molecule has 0 aromatic carbocycles. The smallest absolute Gasteiger partial charge is 0.185 e. The van der Waals surface area contributed by atoms with Gasteiger partial charge in [-0.2, -0.15) is 0 Å². The molecule has 0 unspecified atom stereocenters. The molecule has 0 aromatic heterocycles. The lowest BCUT2D eigenvalue weighted by molar-refractivity contribution is 0.533. The topological polar surface area (TPSA) is 126 Å². The van der Waals surface area contributed by atoms with Crippen LogP contribution in [-0.2, 0) is 0 Å². The average molecular weight is 413 g/mol. The van der Waals surface area contributed by atoms with Crippen molar-refractivity contribution in [3.8, 4) is 0 Å². The van der Waals surface area contributed by atoms with Crippen molar-refractivity contribution < 1.29 is 0 Å². The molecule has 0 saturated heterocycles. The summed E-state index contributed by atoms with van der Waals surface area (Å²) in [5, 5.41) is 9.90. The molecule has 0 aliphatic heterocycles. The molecule has 0 aromatic rings. The van der Waals surface area contributed by atoms with Crippen molar-refractivity contribution in [3.05, 3.63) is 0 Å². The highest BCUT2D eigenvalue weighted by atomic mass is 35.5. The number of nitrogens with two attached hydrogens (primary N) is 3. The van der Waals surface area contributed by atoms with E-state index in [0.29, 0.717) is 0 Å². The Kier molecular flexibility index (Phi) is 27.7. The summed E-state index contributed by atoms with van der Waals surface area (Å²) in [5.74, 6) is 0.293. The Labute approximate surface area is 172 Å². The molecular formula is C18H42Cl2N6. The fourth-order valence-electron chi connectivity index (χ4n) is 2.79. The molecule has 0 saturated carbocycles.